The number of alkyl halides is 6. The van der Waals surface area contributed by atoms with Crippen molar-refractivity contribution in [2.24, 2.45) is 0 Å². The zero-order valence-corrected chi connectivity index (χ0v) is 26.5. The number of Topliss-reactive ketones (excluding diaryl/α,β-unsaturated/α-hetero) is 1. The molecule has 0 spiro atoms. The maximum atomic E-state index is 12.7. The van der Waals surface area contributed by atoms with E-state index < -0.39 is 46.6 Å². The Morgan fingerprint density at radius 3 is 1.45 bits per heavy atom. The summed E-state index contributed by atoms with van der Waals surface area (Å²) in [5.74, 6) is -0.151. The highest BCUT2D eigenvalue weighted by molar-refractivity contribution is 7.51. The van der Waals surface area contributed by atoms with Crippen molar-refractivity contribution in [1.29, 1.82) is 0 Å². The summed E-state index contributed by atoms with van der Waals surface area (Å²) in [6, 6.07) is 13.6. The van der Waals surface area contributed by atoms with Gasteiger partial charge in [0.15, 0.2) is 12.1 Å². The fraction of sp³-hybridized carbons (Fsp3) is 0.226. The van der Waals surface area contributed by atoms with E-state index in [0.29, 0.717) is 52.8 Å². The van der Waals surface area contributed by atoms with Crippen molar-refractivity contribution in [3.8, 4) is 22.3 Å². The zero-order valence-electron chi connectivity index (χ0n) is 24.8. The summed E-state index contributed by atoms with van der Waals surface area (Å²) >= 11 is -1.50. The molecule has 0 aliphatic rings. The lowest BCUT2D eigenvalue weighted by atomic mass is 10.00. The number of carbonyl (C=O) groups excluding carboxylic acids is 2. The molecule has 2 heterocycles. The van der Waals surface area contributed by atoms with Crippen molar-refractivity contribution >= 4 is 35.2 Å². The summed E-state index contributed by atoms with van der Waals surface area (Å²) in [4.78, 5) is 30.3. The summed E-state index contributed by atoms with van der Waals surface area (Å²) in [5, 5.41) is 0. The molecule has 16 heteroatoms. The van der Waals surface area contributed by atoms with Crippen LogP contribution in [0.2, 0.25) is 0 Å². The van der Waals surface area contributed by atoms with Gasteiger partial charge in [-0.25, -0.2) is 0 Å². The lowest BCUT2D eigenvalue weighted by Gasteiger charge is -2.10. The number of hydrogen-bond donors (Lipinski definition) is 0. The highest BCUT2D eigenvalue weighted by Gasteiger charge is 2.31. The van der Waals surface area contributed by atoms with Gasteiger partial charge in [0.1, 0.15) is 11.4 Å². The van der Waals surface area contributed by atoms with E-state index in [0.717, 1.165) is 35.4 Å². The van der Waals surface area contributed by atoms with Gasteiger partial charge in [0.2, 0.25) is 0 Å². The molecule has 0 radical (unpaired) electrons. The molecule has 4 rings (SSSR count). The van der Waals surface area contributed by atoms with Gasteiger partial charge in [-0.05, 0) is 71.5 Å². The molecule has 0 bridgehead atoms. The molecule has 0 aliphatic heterocycles. The molecule has 0 N–H and O–H groups in total. The van der Waals surface area contributed by atoms with E-state index >= 15 is 0 Å². The summed E-state index contributed by atoms with van der Waals surface area (Å²) < 4.78 is 109. The minimum atomic E-state index is -4.38. The van der Waals surface area contributed by atoms with Gasteiger partial charge in [-0.15, -0.1) is 0 Å². The van der Waals surface area contributed by atoms with E-state index in [9.17, 15) is 35.9 Å². The minimum Gasteiger partial charge on any atom is -0.296 e. The van der Waals surface area contributed by atoms with Crippen LogP contribution in [0.1, 0.15) is 64.0 Å². The number of hydrogen-bond acceptors (Lipinski definition) is 8. The van der Waals surface area contributed by atoms with Gasteiger partial charge in [0.25, 0.3) is 0 Å². The molecule has 47 heavy (non-hydrogen) atoms. The van der Waals surface area contributed by atoms with Crippen LogP contribution in [0.4, 0.5) is 26.3 Å². The number of aryl methyl sites for hydroxylation is 2. The smallest absolute Gasteiger partial charge is 0.296 e. The first-order chi connectivity index (χ1) is 22.1. The SMILES string of the molecule is CCc1cc(-c2cccc(C(F)(F)F)c2)cnc1C(C)=O.CCc1cc(-c2cccc(C(F)(F)F)c2)cnc1C=O.O=S=O.O=S=O. The molecule has 4 aromatic rings. The summed E-state index contributed by atoms with van der Waals surface area (Å²) in [7, 11) is 0. The Hall–Kier alpha value is -4.70. The molecule has 0 unspecified atom stereocenters. The monoisotopic (exact) mass is 700 g/mol. The van der Waals surface area contributed by atoms with E-state index in [4.69, 9.17) is 16.8 Å². The fourth-order valence-corrected chi connectivity index (χ4v) is 4.07. The van der Waals surface area contributed by atoms with Crippen LogP contribution >= 0.6 is 0 Å². The minimum absolute atomic E-state index is 0.151. The van der Waals surface area contributed by atoms with Crippen LogP contribution in [0.5, 0.6) is 0 Å². The van der Waals surface area contributed by atoms with Crippen molar-refractivity contribution in [1.82, 2.24) is 9.97 Å². The number of aldehydes is 1. The van der Waals surface area contributed by atoms with Gasteiger partial charge in [0.05, 0.1) is 11.1 Å². The molecule has 8 nitrogen and oxygen atoms in total. The molecule has 0 saturated carbocycles. The summed E-state index contributed by atoms with van der Waals surface area (Å²) in [5.41, 5.74) is 2.74. The Kier molecular flexibility index (Phi) is 16.4. The third kappa shape index (κ3) is 12.5. The number of rotatable bonds is 6. The van der Waals surface area contributed by atoms with Crippen LogP contribution < -0.4 is 0 Å². The van der Waals surface area contributed by atoms with E-state index in [2.05, 4.69) is 9.97 Å². The predicted molar refractivity (Wildman–Crippen MR) is 161 cm³/mol. The fourth-order valence-electron chi connectivity index (χ4n) is 4.07. The maximum Gasteiger partial charge on any atom is 0.416 e. The third-order valence-electron chi connectivity index (χ3n) is 6.22. The van der Waals surface area contributed by atoms with Gasteiger partial charge in [-0.3, -0.25) is 19.6 Å². The molecule has 0 atom stereocenters. The van der Waals surface area contributed by atoms with Gasteiger partial charge < -0.3 is 0 Å². The second-order valence-electron chi connectivity index (χ2n) is 9.17. The van der Waals surface area contributed by atoms with E-state index in [1.54, 1.807) is 24.3 Å². The lowest BCUT2D eigenvalue weighted by molar-refractivity contribution is -0.138. The van der Waals surface area contributed by atoms with Gasteiger partial charge >= 0.3 is 35.5 Å². The van der Waals surface area contributed by atoms with E-state index in [1.807, 2.05) is 13.8 Å². The number of halogens is 6. The van der Waals surface area contributed by atoms with E-state index in [1.165, 1.54) is 31.5 Å². The molecule has 0 aliphatic carbocycles. The van der Waals surface area contributed by atoms with Gasteiger partial charge in [0, 0.05) is 30.4 Å². The van der Waals surface area contributed by atoms with Crippen molar-refractivity contribution in [3.05, 3.63) is 107 Å². The summed E-state index contributed by atoms with van der Waals surface area (Å²) in [6.45, 7) is 5.16. The first kappa shape index (κ1) is 40.3. The van der Waals surface area contributed by atoms with Gasteiger partial charge in [-0.1, -0.05) is 38.1 Å². The number of aromatic nitrogens is 2. The van der Waals surface area contributed by atoms with Crippen molar-refractivity contribution in [3.63, 3.8) is 0 Å². The predicted octanol–water partition coefficient (Wildman–Crippen LogP) is 7.33. The van der Waals surface area contributed by atoms with Crippen LogP contribution in [-0.2, 0) is 48.3 Å². The van der Waals surface area contributed by atoms with Crippen LogP contribution in [0.3, 0.4) is 0 Å². The van der Waals surface area contributed by atoms with Crippen LogP contribution in [0.15, 0.2) is 73.1 Å². The lowest BCUT2D eigenvalue weighted by Crippen LogP contribution is -2.05. The van der Waals surface area contributed by atoms with Crippen molar-refractivity contribution < 1.29 is 52.8 Å². The molecule has 2 aromatic carbocycles. The van der Waals surface area contributed by atoms with Crippen molar-refractivity contribution in [2.75, 3.05) is 0 Å². The Bertz CT molecular complexity index is 1740. The number of benzene rings is 2. The first-order valence-electron chi connectivity index (χ1n) is 13.2. The molecule has 0 saturated heterocycles. The van der Waals surface area contributed by atoms with Gasteiger partial charge in [-0.2, -0.15) is 43.2 Å². The second kappa shape index (κ2) is 19.1. The first-order valence-corrected chi connectivity index (χ1v) is 14.6. The average Bonchev–Trinajstić information content (AvgIpc) is 3.04. The van der Waals surface area contributed by atoms with Crippen LogP contribution in [0, 0.1) is 0 Å². The maximum absolute atomic E-state index is 12.7. The third-order valence-corrected chi connectivity index (χ3v) is 6.22. The number of carbonyl (C=O) groups is 2. The quantitative estimate of drug-likeness (QED) is 0.116. The normalized spacial score (nSPS) is 10.5. The Labute approximate surface area is 272 Å². The van der Waals surface area contributed by atoms with Crippen LogP contribution in [0.25, 0.3) is 22.3 Å². The molecule has 0 fully saturated rings. The second-order valence-corrected chi connectivity index (χ2v) is 9.45. The summed E-state index contributed by atoms with van der Waals surface area (Å²) in [6.07, 6.45) is -4.07. The van der Waals surface area contributed by atoms with E-state index in [-0.39, 0.29) is 5.78 Å². The highest BCUT2D eigenvalue weighted by Crippen LogP contribution is 2.33. The topological polar surface area (TPSA) is 128 Å². The molecule has 0 amide bonds. The zero-order chi connectivity index (χ0) is 35.8. The standard InChI is InChI=1S/C16H14F3NO.C15H12F3NO.2O2S/c1-3-11-7-13(9-20-15(11)10(2)21)12-5-4-6-14(8-12)16(17,18)19;1-2-10-6-12(8-19-14(10)9-20)11-4-3-5-13(7-11)15(16,17)18;2*1-3-2/h4-9H,3H2,1-2H3;3-9H,2H2,1H3;;. The molecule has 2 aromatic heterocycles. The number of pyridine rings is 2. The molecular formula is C31H26F6N2O6S2. The number of ketones is 1. The highest BCUT2D eigenvalue weighted by atomic mass is 32.1. The Morgan fingerprint density at radius 1 is 0.681 bits per heavy atom. The number of nitrogens with zero attached hydrogens (tertiary/aromatic N) is 2. The van der Waals surface area contributed by atoms with Crippen molar-refractivity contribution in [2.45, 2.75) is 46.0 Å². The molecule has 250 valence electrons. The average molecular weight is 701 g/mol. The van der Waals surface area contributed by atoms with Crippen LogP contribution in [-0.4, -0.2) is 38.9 Å². The molecular weight excluding hydrogens is 674 g/mol. The Balaban J connectivity index is 0.000000403. The largest absolute Gasteiger partial charge is 0.416 e. The Morgan fingerprint density at radius 2 is 1.09 bits per heavy atom.